The van der Waals surface area contributed by atoms with Crippen LogP contribution in [-0.2, 0) is 11.0 Å². The Morgan fingerprint density at radius 3 is 2.57 bits per heavy atom. The number of carbonyl (C=O) groups is 2. The molecule has 0 atom stereocenters. The molecule has 0 aliphatic carbocycles. The predicted octanol–water partition coefficient (Wildman–Crippen LogP) is 3.33. The summed E-state index contributed by atoms with van der Waals surface area (Å²) in [6, 6.07) is 5.31. The number of amides is 2. The number of carbonyl (C=O) groups excluding carboxylic acids is 2. The average molecular weight is 416 g/mol. The van der Waals surface area contributed by atoms with Crippen molar-refractivity contribution in [2.75, 3.05) is 12.0 Å². The number of rotatable bonds is 8. The second kappa shape index (κ2) is 9.17. The third-order valence-electron chi connectivity index (χ3n) is 3.47. The summed E-state index contributed by atoms with van der Waals surface area (Å²) in [6.07, 6.45) is -4.42. The lowest BCUT2D eigenvalue weighted by atomic mass is 10.1. The van der Waals surface area contributed by atoms with Crippen LogP contribution in [0, 0.1) is 10.1 Å². The highest BCUT2D eigenvalue weighted by atomic mass is 32.1. The SMILES string of the molecule is O=C(CCCNC(=O)c1cccs1)NNc1ccc(C(F)(F)F)cc1[N+](=O)[O-]. The summed E-state index contributed by atoms with van der Waals surface area (Å²) in [4.78, 5) is 34.0. The summed E-state index contributed by atoms with van der Waals surface area (Å²) < 4.78 is 38.0. The molecule has 0 spiro atoms. The standard InChI is InChI=1S/C16H15F3N4O4S/c17-16(18,19)10-5-6-11(12(9-10)23(26)27)21-22-14(24)4-1-7-20-15(25)13-3-2-8-28-13/h2-3,5-6,8-9,21H,1,4,7H2,(H,20,25)(H,22,24). The van der Waals surface area contributed by atoms with Crippen LogP contribution in [-0.4, -0.2) is 23.3 Å². The number of halogens is 3. The lowest BCUT2D eigenvalue weighted by molar-refractivity contribution is -0.384. The summed E-state index contributed by atoms with van der Waals surface area (Å²) in [5, 5.41) is 15.4. The fraction of sp³-hybridized carbons (Fsp3) is 0.250. The van der Waals surface area contributed by atoms with Crippen molar-refractivity contribution in [3.05, 3.63) is 56.3 Å². The fourth-order valence-electron chi connectivity index (χ4n) is 2.11. The van der Waals surface area contributed by atoms with E-state index in [2.05, 4.69) is 16.2 Å². The van der Waals surface area contributed by atoms with Gasteiger partial charge in [0, 0.05) is 19.0 Å². The summed E-state index contributed by atoms with van der Waals surface area (Å²) in [7, 11) is 0. The Hall–Kier alpha value is -3.15. The van der Waals surface area contributed by atoms with Crippen molar-refractivity contribution in [1.82, 2.24) is 10.7 Å². The Kier molecular flexibility index (Phi) is 6.93. The molecular weight excluding hydrogens is 401 g/mol. The number of anilines is 1. The highest BCUT2D eigenvalue weighted by Crippen LogP contribution is 2.34. The van der Waals surface area contributed by atoms with Gasteiger partial charge in [-0.05, 0) is 30.0 Å². The van der Waals surface area contributed by atoms with E-state index in [9.17, 15) is 32.9 Å². The van der Waals surface area contributed by atoms with Gasteiger partial charge in [0.25, 0.3) is 11.6 Å². The monoisotopic (exact) mass is 416 g/mol. The van der Waals surface area contributed by atoms with Crippen LogP contribution in [0.1, 0.15) is 28.1 Å². The third kappa shape index (κ3) is 5.94. The molecule has 0 saturated carbocycles. The van der Waals surface area contributed by atoms with Crippen molar-refractivity contribution in [3.63, 3.8) is 0 Å². The average Bonchev–Trinajstić information content (AvgIpc) is 3.17. The number of alkyl halides is 3. The van der Waals surface area contributed by atoms with Gasteiger partial charge in [-0.15, -0.1) is 11.3 Å². The van der Waals surface area contributed by atoms with Crippen LogP contribution >= 0.6 is 11.3 Å². The predicted molar refractivity (Wildman–Crippen MR) is 95.8 cm³/mol. The maximum Gasteiger partial charge on any atom is 0.416 e. The molecule has 1 aromatic carbocycles. The number of hydrogen-bond donors (Lipinski definition) is 3. The van der Waals surface area contributed by atoms with Gasteiger partial charge in [0.15, 0.2) is 0 Å². The zero-order valence-corrected chi connectivity index (χ0v) is 15.0. The highest BCUT2D eigenvalue weighted by Gasteiger charge is 2.33. The van der Waals surface area contributed by atoms with E-state index in [4.69, 9.17) is 0 Å². The first kappa shape index (κ1) is 21.2. The van der Waals surface area contributed by atoms with Crippen molar-refractivity contribution >= 4 is 34.5 Å². The zero-order chi connectivity index (χ0) is 20.7. The second-order valence-electron chi connectivity index (χ2n) is 5.50. The molecule has 0 saturated heterocycles. The Bertz CT molecular complexity index is 856. The molecule has 0 aliphatic heterocycles. The molecule has 0 bridgehead atoms. The highest BCUT2D eigenvalue weighted by molar-refractivity contribution is 7.12. The largest absolute Gasteiger partial charge is 0.416 e. The van der Waals surface area contributed by atoms with Gasteiger partial charge in [-0.25, -0.2) is 0 Å². The van der Waals surface area contributed by atoms with Crippen LogP contribution in [0.25, 0.3) is 0 Å². The molecule has 0 aliphatic rings. The van der Waals surface area contributed by atoms with E-state index in [0.717, 1.165) is 6.07 Å². The van der Waals surface area contributed by atoms with Gasteiger partial charge < -0.3 is 5.32 Å². The van der Waals surface area contributed by atoms with Crippen molar-refractivity contribution in [2.45, 2.75) is 19.0 Å². The summed E-state index contributed by atoms with van der Waals surface area (Å²) in [6.45, 7) is 0.241. The molecule has 2 rings (SSSR count). The number of hydrazine groups is 1. The maximum absolute atomic E-state index is 12.7. The topological polar surface area (TPSA) is 113 Å². The molecule has 12 heteroatoms. The van der Waals surface area contributed by atoms with Crippen LogP contribution in [0.5, 0.6) is 0 Å². The number of thiophene rings is 1. The summed E-state index contributed by atoms with van der Waals surface area (Å²) >= 11 is 1.28. The van der Waals surface area contributed by atoms with E-state index in [1.807, 2.05) is 0 Å². The van der Waals surface area contributed by atoms with Gasteiger partial charge in [0.2, 0.25) is 5.91 Å². The lowest BCUT2D eigenvalue weighted by Crippen LogP contribution is -2.31. The molecule has 3 N–H and O–H groups in total. The molecule has 2 aromatic rings. The van der Waals surface area contributed by atoms with E-state index in [1.165, 1.54) is 11.3 Å². The zero-order valence-electron chi connectivity index (χ0n) is 14.2. The van der Waals surface area contributed by atoms with Crippen LogP contribution in [0.2, 0.25) is 0 Å². The molecular formula is C16H15F3N4O4S. The Morgan fingerprint density at radius 2 is 1.96 bits per heavy atom. The fourth-order valence-corrected chi connectivity index (χ4v) is 2.75. The van der Waals surface area contributed by atoms with Crippen molar-refractivity contribution in [2.24, 2.45) is 0 Å². The van der Waals surface area contributed by atoms with Crippen LogP contribution in [0.15, 0.2) is 35.7 Å². The molecule has 0 fully saturated rings. The van der Waals surface area contributed by atoms with Gasteiger partial charge in [-0.1, -0.05) is 6.07 Å². The van der Waals surface area contributed by atoms with Crippen LogP contribution in [0.4, 0.5) is 24.5 Å². The summed E-state index contributed by atoms with van der Waals surface area (Å²) in [5.41, 5.74) is 2.16. The smallest absolute Gasteiger partial charge is 0.351 e. The van der Waals surface area contributed by atoms with Gasteiger partial charge in [0.1, 0.15) is 5.69 Å². The lowest BCUT2D eigenvalue weighted by Gasteiger charge is -2.11. The van der Waals surface area contributed by atoms with E-state index >= 15 is 0 Å². The molecule has 8 nitrogen and oxygen atoms in total. The van der Waals surface area contributed by atoms with E-state index in [1.54, 1.807) is 17.5 Å². The third-order valence-corrected chi connectivity index (χ3v) is 4.34. The maximum atomic E-state index is 12.7. The number of nitro groups is 1. The summed E-state index contributed by atoms with van der Waals surface area (Å²) in [5.74, 6) is -0.798. The first-order valence-corrected chi connectivity index (χ1v) is 8.78. The van der Waals surface area contributed by atoms with E-state index < -0.39 is 28.3 Å². The minimum atomic E-state index is -4.72. The molecule has 2 amide bonds. The molecule has 0 unspecified atom stereocenters. The van der Waals surface area contributed by atoms with Crippen LogP contribution < -0.4 is 16.2 Å². The molecule has 28 heavy (non-hydrogen) atoms. The first-order chi connectivity index (χ1) is 13.2. The van der Waals surface area contributed by atoms with Gasteiger partial charge >= 0.3 is 6.18 Å². The molecule has 150 valence electrons. The normalized spacial score (nSPS) is 11.0. The second-order valence-corrected chi connectivity index (χ2v) is 6.44. The Morgan fingerprint density at radius 1 is 1.21 bits per heavy atom. The van der Waals surface area contributed by atoms with Crippen molar-refractivity contribution in [1.29, 1.82) is 0 Å². The van der Waals surface area contributed by atoms with Gasteiger partial charge in [-0.2, -0.15) is 13.2 Å². The van der Waals surface area contributed by atoms with Crippen molar-refractivity contribution < 1.29 is 27.7 Å². The number of hydrogen-bond acceptors (Lipinski definition) is 6. The number of nitrogens with zero attached hydrogens (tertiary/aromatic N) is 1. The van der Waals surface area contributed by atoms with Gasteiger partial charge in [-0.3, -0.25) is 30.6 Å². The van der Waals surface area contributed by atoms with Gasteiger partial charge in [0.05, 0.1) is 15.4 Å². The van der Waals surface area contributed by atoms with Crippen molar-refractivity contribution in [3.8, 4) is 0 Å². The number of benzene rings is 1. The van der Waals surface area contributed by atoms with E-state index in [0.29, 0.717) is 23.4 Å². The number of nitro benzene ring substituents is 1. The minimum Gasteiger partial charge on any atom is -0.351 e. The number of nitrogens with one attached hydrogen (secondary N) is 3. The van der Waals surface area contributed by atoms with Crippen LogP contribution in [0.3, 0.4) is 0 Å². The minimum absolute atomic E-state index is 0.00778. The molecule has 1 aromatic heterocycles. The molecule has 0 radical (unpaired) electrons. The molecule has 1 heterocycles. The van der Waals surface area contributed by atoms with E-state index in [-0.39, 0.29) is 24.6 Å². The Balaban J connectivity index is 1.82. The quantitative estimate of drug-likeness (QED) is 0.347. The Labute approximate surface area is 160 Å². The first-order valence-electron chi connectivity index (χ1n) is 7.90.